The molecule has 0 amide bonds. The van der Waals surface area contributed by atoms with Gasteiger partial charge < -0.3 is 23.0 Å². The first-order valence-corrected chi connectivity index (χ1v) is 12.3. The van der Waals surface area contributed by atoms with Crippen molar-refractivity contribution in [2.75, 3.05) is 14.2 Å². The van der Waals surface area contributed by atoms with Gasteiger partial charge in [0.25, 0.3) is 0 Å². The minimum Gasteiger partial charge on any atom is -0.493 e. The molecular formula is C26H33O6P. The lowest BCUT2D eigenvalue weighted by molar-refractivity contribution is 0.283. The van der Waals surface area contributed by atoms with E-state index in [0.717, 1.165) is 11.5 Å². The number of ether oxygens (including phenoxy) is 2. The van der Waals surface area contributed by atoms with Crippen molar-refractivity contribution in [2.45, 2.75) is 34.1 Å². The second-order valence-corrected chi connectivity index (χ2v) is 9.03. The Morgan fingerprint density at radius 1 is 0.667 bits per heavy atom. The zero-order valence-electron chi connectivity index (χ0n) is 20.1. The number of phosphoric ester groups is 1. The fourth-order valence-corrected chi connectivity index (χ4v) is 3.81. The summed E-state index contributed by atoms with van der Waals surface area (Å²) in [6, 6.07) is 20.8. The number of hydrogen-bond acceptors (Lipinski definition) is 6. The average Bonchev–Trinajstić information content (AvgIpc) is 2.81. The molecule has 178 valence electrons. The first-order valence-electron chi connectivity index (χ1n) is 10.8. The molecule has 0 aliphatic heterocycles. The van der Waals surface area contributed by atoms with Crippen LogP contribution in [0, 0.1) is 12.8 Å². The van der Waals surface area contributed by atoms with Crippen LogP contribution in [0.15, 0.2) is 72.8 Å². The Balaban J connectivity index is 0.000000696. The molecular weight excluding hydrogens is 439 g/mol. The van der Waals surface area contributed by atoms with Gasteiger partial charge in [0.1, 0.15) is 5.75 Å². The fraction of sp³-hybridized carbons (Fsp3) is 0.308. The van der Waals surface area contributed by atoms with Crippen molar-refractivity contribution in [1.29, 1.82) is 0 Å². The third-order valence-corrected chi connectivity index (χ3v) is 5.94. The van der Waals surface area contributed by atoms with E-state index in [0.29, 0.717) is 17.2 Å². The number of phosphoric acid groups is 1. The molecule has 0 unspecified atom stereocenters. The highest BCUT2D eigenvalue weighted by Crippen LogP contribution is 2.53. The van der Waals surface area contributed by atoms with Crippen molar-refractivity contribution in [3.63, 3.8) is 0 Å². The van der Waals surface area contributed by atoms with Gasteiger partial charge in [-0.2, -0.15) is 4.57 Å². The fourth-order valence-electron chi connectivity index (χ4n) is 2.46. The van der Waals surface area contributed by atoms with Crippen LogP contribution in [-0.4, -0.2) is 14.2 Å². The number of benzene rings is 3. The minimum absolute atomic E-state index is 0.233. The Morgan fingerprint density at radius 2 is 1.00 bits per heavy atom. The topological polar surface area (TPSA) is 63.2 Å². The second-order valence-electron chi connectivity index (χ2n) is 7.59. The zero-order valence-corrected chi connectivity index (χ0v) is 21.0. The molecule has 0 saturated carbocycles. The number of para-hydroxylation sites is 5. The predicted molar refractivity (Wildman–Crippen MR) is 132 cm³/mol. The van der Waals surface area contributed by atoms with Gasteiger partial charge in [0.15, 0.2) is 23.0 Å². The molecule has 0 bridgehead atoms. The first kappa shape index (κ1) is 26.1. The van der Waals surface area contributed by atoms with Gasteiger partial charge >= 0.3 is 7.82 Å². The van der Waals surface area contributed by atoms with Gasteiger partial charge in [-0.15, -0.1) is 0 Å². The standard InChI is InChI=1S/C21H21O6P.C5H12/c1-16-10-4-5-11-17(16)25-28(22,26-20-14-8-6-12-18(20)23-2)27-21-15-9-7-13-19(21)24-3;1-4-5(2)3/h4-15H,1-3H3;5H,4H2,1-3H3. The zero-order chi connectivity index (χ0) is 24.3. The van der Waals surface area contributed by atoms with Gasteiger partial charge in [-0.3, -0.25) is 0 Å². The van der Waals surface area contributed by atoms with E-state index in [4.69, 9.17) is 23.0 Å². The molecule has 3 aromatic rings. The van der Waals surface area contributed by atoms with Gasteiger partial charge in [-0.05, 0) is 48.7 Å². The molecule has 0 radical (unpaired) electrons. The summed E-state index contributed by atoms with van der Waals surface area (Å²) in [5.74, 6) is 2.54. The molecule has 0 N–H and O–H groups in total. The first-order chi connectivity index (χ1) is 15.8. The molecule has 0 saturated heterocycles. The Morgan fingerprint density at radius 3 is 1.36 bits per heavy atom. The summed E-state index contributed by atoms with van der Waals surface area (Å²) in [6.07, 6.45) is 1.31. The Labute approximate surface area is 197 Å². The lowest BCUT2D eigenvalue weighted by Crippen LogP contribution is -2.09. The molecule has 7 heteroatoms. The Kier molecular flexibility index (Phi) is 10.1. The molecule has 3 aromatic carbocycles. The molecule has 0 fully saturated rings. The van der Waals surface area contributed by atoms with E-state index in [1.54, 1.807) is 60.7 Å². The lowest BCUT2D eigenvalue weighted by Gasteiger charge is -2.21. The van der Waals surface area contributed by atoms with Crippen molar-refractivity contribution in [2.24, 2.45) is 5.92 Å². The van der Waals surface area contributed by atoms with Crippen molar-refractivity contribution < 1.29 is 27.6 Å². The maximum absolute atomic E-state index is 13.6. The van der Waals surface area contributed by atoms with Crippen LogP contribution >= 0.6 is 7.82 Å². The van der Waals surface area contributed by atoms with Crippen LogP contribution in [0.1, 0.15) is 32.8 Å². The summed E-state index contributed by atoms with van der Waals surface area (Å²) in [7, 11) is -1.16. The van der Waals surface area contributed by atoms with Gasteiger partial charge in [-0.1, -0.05) is 69.7 Å². The SMILES string of the molecule is CCC(C)C.COc1ccccc1OP(=O)(Oc1ccccc1C)Oc1ccccc1OC. The molecule has 33 heavy (non-hydrogen) atoms. The number of rotatable bonds is 9. The molecule has 0 aliphatic carbocycles. The van der Waals surface area contributed by atoms with Crippen LogP contribution in [0.25, 0.3) is 0 Å². The average molecular weight is 473 g/mol. The van der Waals surface area contributed by atoms with E-state index >= 15 is 0 Å². The molecule has 0 aromatic heterocycles. The van der Waals surface area contributed by atoms with E-state index in [2.05, 4.69) is 20.8 Å². The smallest absolute Gasteiger partial charge is 0.493 e. The molecule has 0 atom stereocenters. The van der Waals surface area contributed by atoms with Crippen molar-refractivity contribution in [3.05, 3.63) is 78.4 Å². The highest BCUT2D eigenvalue weighted by molar-refractivity contribution is 7.49. The van der Waals surface area contributed by atoms with Crippen LogP contribution in [0.5, 0.6) is 28.7 Å². The monoisotopic (exact) mass is 472 g/mol. The number of hydrogen-bond donors (Lipinski definition) is 0. The summed E-state index contributed by atoms with van der Waals surface area (Å²) >= 11 is 0. The van der Waals surface area contributed by atoms with E-state index in [1.165, 1.54) is 20.6 Å². The van der Waals surface area contributed by atoms with Crippen LogP contribution in [0.4, 0.5) is 0 Å². The molecule has 0 aliphatic rings. The summed E-state index contributed by atoms with van der Waals surface area (Å²) in [5.41, 5.74) is 0.787. The van der Waals surface area contributed by atoms with Crippen LogP contribution in [-0.2, 0) is 4.57 Å². The number of aryl methyl sites for hydroxylation is 1. The summed E-state index contributed by atoms with van der Waals surface area (Å²) in [4.78, 5) is 0. The van der Waals surface area contributed by atoms with E-state index in [9.17, 15) is 4.57 Å². The highest BCUT2D eigenvalue weighted by Gasteiger charge is 2.35. The second kappa shape index (κ2) is 12.8. The number of methoxy groups -OCH3 is 2. The largest absolute Gasteiger partial charge is 0.647 e. The van der Waals surface area contributed by atoms with Crippen molar-refractivity contribution in [3.8, 4) is 28.7 Å². The van der Waals surface area contributed by atoms with Gasteiger partial charge in [-0.25, -0.2) is 0 Å². The predicted octanol–water partition coefficient (Wildman–Crippen LogP) is 7.71. The molecule has 0 spiro atoms. The van der Waals surface area contributed by atoms with Crippen LogP contribution in [0.2, 0.25) is 0 Å². The molecule has 0 heterocycles. The summed E-state index contributed by atoms with van der Waals surface area (Å²) < 4.78 is 41.4. The third-order valence-electron chi connectivity index (χ3n) is 4.68. The Bertz CT molecular complexity index is 997. The van der Waals surface area contributed by atoms with E-state index in [1.807, 2.05) is 19.1 Å². The lowest BCUT2D eigenvalue weighted by atomic mass is 10.2. The Hall–Kier alpha value is -3.11. The molecule has 6 nitrogen and oxygen atoms in total. The highest BCUT2D eigenvalue weighted by atomic mass is 31.2. The minimum atomic E-state index is -4.15. The van der Waals surface area contributed by atoms with Gasteiger partial charge in [0.2, 0.25) is 0 Å². The summed E-state index contributed by atoms with van der Waals surface area (Å²) in [5, 5.41) is 0. The molecule has 3 rings (SSSR count). The van der Waals surface area contributed by atoms with Crippen LogP contribution < -0.4 is 23.0 Å². The maximum Gasteiger partial charge on any atom is 0.647 e. The third kappa shape index (κ3) is 8.07. The summed E-state index contributed by atoms with van der Waals surface area (Å²) in [6.45, 7) is 8.48. The van der Waals surface area contributed by atoms with Crippen molar-refractivity contribution >= 4 is 7.82 Å². The quantitative estimate of drug-likeness (QED) is 0.297. The normalized spacial score (nSPS) is 10.6. The maximum atomic E-state index is 13.6. The van der Waals surface area contributed by atoms with Crippen molar-refractivity contribution in [1.82, 2.24) is 0 Å². The van der Waals surface area contributed by atoms with E-state index in [-0.39, 0.29) is 11.5 Å². The van der Waals surface area contributed by atoms with Gasteiger partial charge in [0, 0.05) is 0 Å². The van der Waals surface area contributed by atoms with Crippen LogP contribution in [0.3, 0.4) is 0 Å². The van der Waals surface area contributed by atoms with E-state index < -0.39 is 7.82 Å². The van der Waals surface area contributed by atoms with Gasteiger partial charge in [0.05, 0.1) is 14.2 Å².